The van der Waals surface area contributed by atoms with Gasteiger partial charge in [0, 0.05) is 18.2 Å². The van der Waals surface area contributed by atoms with E-state index in [1.165, 1.54) is 12.1 Å². The molecule has 0 aliphatic carbocycles. The van der Waals surface area contributed by atoms with Crippen LogP contribution in [0.25, 0.3) is 0 Å². The van der Waals surface area contributed by atoms with Gasteiger partial charge >= 0.3 is 6.36 Å². The molecule has 1 heterocycles. The zero-order chi connectivity index (χ0) is 16.9. The molecule has 0 aromatic heterocycles. The van der Waals surface area contributed by atoms with E-state index in [9.17, 15) is 18.0 Å². The molecule has 5 nitrogen and oxygen atoms in total. The van der Waals surface area contributed by atoms with Crippen LogP contribution in [0.1, 0.15) is 23.7 Å². The molecule has 1 aromatic rings. The molecule has 23 heavy (non-hydrogen) atoms. The average Bonchev–Trinajstić information content (AvgIpc) is 2.97. The Morgan fingerprint density at radius 1 is 1.39 bits per heavy atom. The lowest BCUT2D eigenvalue weighted by Gasteiger charge is -2.17. The Labute approximate surface area is 131 Å². The van der Waals surface area contributed by atoms with Crippen LogP contribution in [0, 0.1) is 0 Å². The Balaban J connectivity index is 1.80. The number of rotatable bonds is 6. The number of carbonyl (C=O) groups is 1. The van der Waals surface area contributed by atoms with Crippen LogP contribution in [0.15, 0.2) is 24.3 Å². The lowest BCUT2D eigenvalue weighted by molar-refractivity contribution is -0.274. The van der Waals surface area contributed by atoms with Gasteiger partial charge in [-0.3, -0.25) is 4.79 Å². The van der Waals surface area contributed by atoms with Crippen LogP contribution in [-0.2, 0) is 9.47 Å². The molecule has 0 radical (unpaired) electrons. The predicted octanol–water partition coefficient (Wildman–Crippen LogP) is 2.51. The minimum Gasteiger partial charge on any atom is -0.406 e. The highest BCUT2D eigenvalue weighted by Crippen LogP contribution is 2.22. The van der Waals surface area contributed by atoms with Crippen LogP contribution in [-0.4, -0.2) is 44.2 Å². The Kier molecular flexibility index (Phi) is 5.84. The van der Waals surface area contributed by atoms with Crippen molar-refractivity contribution in [1.82, 2.24) is 5.32 Å². The van der Waals surface area contributed by atoms with Crippen molar-refractivity contribution in [2.45, 2.75) is 31.9 Å². The van der Waals surface area contributed by atoms with Crippen LogP contribution in [0.2, 0.25) is 0 Å². The lowest BCUT2D eigenvalue weighted by Crippen LogP contribution is -2.37. The fraction of sp³-hybridized carbons (Fsp3) is 0.533. The number of benzene rings is 1. The van der Waals surface area contributed by atoms with Crippen molar-refractivity contribution in [2.24, 2.45) is 0 Å². The van der Waals surface area contributed by atoms with Crippen molar-refractivity contribution in [3.8, 4) is 5.75 Å². The summed E-state index contributed by atoms with van der Waals surface area (Å²) in [6.45, 7) is 3.36. The van der Waals surface area contributed by atoms with E-state index in [0.717, 1.165) is 18.6 Å². The molecule has 1 aliphatic heterocycles. The van der Waals surface area contributed by atoms with E-state index in [1.54, 1.807) is 6.92 Å². The first-order valence-electron chi connectivity index (χ1n) is 7.19. The monoisotopic (exact) mass is 333 g/mol. The number of alkyl halides is 3. The van der Waals surface area contributed by atoms with Gasteiger partial charge in [-0.25, -0.2) is 0 Å². The first kappa shape index (κ1) is 17.6. The predicted molar refractivity (Wildman–Crippen MR) is 75.2 cm³/mol. The van der Waals surface area contributed by atoms with Gasteiger partial charge in [-0.2, -0.15) is 0 Å². The quantitative estimate of drug-likeness (QED) is 0.869. The summed E-state index contributed by atoms with van der Waals surface area (Å²) in [7, 11) is 0. The van der Waals surface area contributed by atoms with Crippen LogP contribution in [0.4, 0.5) is 13.2 Å². The van der Waals surface area contributed by atoms with E-state index in [2.05, 4.69) is 10.1 Å². The van der Waals surface area contributed by atoms with Gasteiger partial charge < -0.3 is 19.5 Å². The molecule has 2 rings (SSSR count). The topological polar surface area (TPSA) is 56.8 Å². The molecule has 1 aliphatic rings. The zero-order valence-corrected chi connectivity index (χ0v) is 12.6. The summed E-state index contributed by atoms with van der Waals surface area (Å²) < 4.78 is 50.7. The highest BCUT2D eigenvalue weighted by atomic mass is 19.4. The molecule has 0 saturated carbocycles. The van der Waals surface area contributed by atoms with Crippen LogP contribution >= 0.6 is 0 Å². The SMILES string of the molecule is CC(COC1CCOC1)NC(=O)c1ccc(OC(F)(F)F)cc1. The first-order valence-corrected chi connectivity index (χ1v) is 7.19. The number of carbonyl (C=O) groups excluding carboxylic acids is 1. The van der Waals surface area contributed by atoms with E-state index in [4.69, 9.17) is 9.47 Å². The maximum Gasteiger partial charge on any atom is 0.573 e. The number of ether oxygens (including phenoxy) is 3. The van der Waals surface area contributed by atoms with Crippen LogP contribution in [0.3, 0.4) is 0 Å². The molecule has 2 atom stereocenters. The molecular weight excluding hydrogens is 315 g/mol. The van der Waals surface area contributed by atoms with E-state index < -0.39 is 6.36 Å². The van der Waals surface area contributed by atoms with E-state index in [0.29, 0.717) is 19.8 Å². The number of hydrogen-bond acceptors (Lipinski definition) is 4. The zero-order valence-electron chi connectivity index (χ0n) is 12.6. The third-order valence-corrected chi connectivity index (χ3v) is 3.20. The second-order valence-electron chi connectivity index (χ2n) is 5.27. The number of amides is 1. The maximum atomic E-state index is 12.1. The largest absolute Gasteiger partial charge is 0.573 e. The molecule has 2 unspecified atom stereocenters. The summed E-state index contributed by atoms with van der Waals surface area (Å²) in [4.78, 5) is 12.0. The average molecular weight is 333 g/mol. The number of halogens is 3. The van der Waals surface area contributed by atoms with Crippen molar-refractivity contribution in [3.63, 3.8) is 0 Å². The Hall–Kier alpha value is -1.80. The van der Waals surface area contributed by atoms with E-state index in [1.807, 2.05) is 0 Å². The Morgan fingerprint density at radius 2 is 2.09 bits per heavy atom. The highest BCUT2D eigenvalue weighted by molar-refractivity contribution is 5.94. The maximum absolute atomic E-state index is 12.1. The number of hydrogen-bond donors (Lipinski definition) is 1. The van der Waals surface area contributed by atoms with Gasteiger partial charge in [-0.1, -0.05) is 0 Å². The smallest absolute Gasteiger partial charge is 0.406 e. The highest BCUT2D eigenvalue weighted by Gasteiger charge is 2.31. The minimum atomic E-state index is -4.75. The molecular formula is C15H18F3NO4. The Bertz CT molecular complexity index is 512. The van der Waals surface area contributed by atoms with Crippen LogP contribution in [0.5, 0.6) is 5.75 Å². The third-order valence-electron chi connectivity index (χ3n) is 3.20. The standard InChI is InChI=1S/C15H18F3NO4/c1-10(8-22-13-6-7-21-9-13)19-14(20)11-2-4-12(5-3-11)23-15(16,17)18/h2-5,10,13H,6-9H2,1H3,(H,19,20). The van der Waals surface area contributed by atoms with Crippen molar-refractivity contribution >= 4 is 5.91 Å². The molecule has 1 aromatic carbocycles. The van der Waals surface area contributed by atoms with E-state index >= 15 is 0 Å². The summed E-state index contributed by atoms with van der Waals surface area (Å²) in [6, 6.07) is 4.51. The fourth-order valence-electron chi connectivity index (χ4n) is 2.08. The summed E-state index contributed by atoms with van der Waals surface area (Å²) in [5.74, 6) is -0.756. The molecule has 8 heteroatoms. The summed E-state index contributed by atoms with van der Waals surface area (Å²) in [5, 5.41) is 2.72. The summed E-state index contributed by atoms with van der Waals surface area (Å²) in [6.07, 6.45) is -3.87. The summed E-state index contributed by atoms with van der Waals surface area (Å²) in [5.41, 5.74) is 0.246. The van der Waals surface area contributed by atoms with Gasteiger partial charge in [0.15, 0.2) is 0 Å². The third kappa shape index (κ3) is 6.07. The van der Waals surface area contributed by atoms with Gasteiger partial charge in [-0.15, -0.1) is 13.2 Å². The minimum absolute atomic E-state index is 0.0492. The van der Waals surface area contributed by atoms with Crippen LogP contribution < -0.4 is 10.1 Å². The molecule has 1 saturated heterocycles. The van der Waals surface area contributed by atoms with Gasteiger partial charge in [0.05, 0.1) is 19.3 Å². The van der Waals surface area contributed by atoms with Crippen molar-refractivity contribution in [1.29, 1.82) is 0 Å². The van der Waals surface area contributed by atoms with Crippen molar-refractivity contribution in [2.75, 3.05) is 19.8 Å². The van der Waals surface area contributed by atoms with Crippen molar-refractivity contribution < 1.29 is 32.2 Å². The second-order valence-corrected chi connectivity index (χ2v) is 5.27. The second kappa shape index (κ2) is 7.65. The van der Waals surface area contributed by atoms with Gasteiger partial charge in [-0.05, 0) is 37.6 Å². The lowest BCUT2D eigenvalue weighted by atomic mass is 10.2. The van der Waals surface area contributed by atoms with Gasteiger partial charge in [0.25, 0.3) is 5.91 Å². The Morgan fingerprint density at radius 3 is 2.65 bits per heavy atom. The van der Waals surface area contributed by atoms with Crippen molar-refractivity contribution in [3.05, 3.63) is 29.8 Å². The molecule has 128 valence electrons. The van der Waals surface area contributed by atoms with E-state index in [-0.39, 0.29) is 29.4 Å². The van der Waals surface area contributed by atoms with Gasteiger partial charge in [0.2, 0.25) is 0 Å². The van der Waals surface area contributed by atoms with Gasteiger partial charge in [0.1, 0.15) is 5.75 Å². The fourth-order valence-corrected chi connectivity index (χ4v) is 2.08. The summed E-state index contributed by atoms with van der Waals surface area (Å²) >= 11 is 0. The first-order chi connectivity index (χ1) is 10.8. The molecule has 0 bridgehead atoms. The molecule has 1 N–H and O–H groups in total. The molecule has 0 spiro atoms. The number of nitrogens with one attached hydrogen (secondary N) is 1. The normalized spacial score (nSPS) is 19.4. The molecule has 1 amide bonds. The molecule has 1 fully saturated rings.